The van der Waals surface area contributed by atoms with Crippen molar-refractivity contribution in [3.05, 3.63) is 47.9 Å². The van der Waals surface area contributed by atoms with Crippen molar-refractivity contribution in [1.29, 1.82) is 0 Å². The molecule has 0 aliphatic rings. The molecular weight excluding hydrogens is 296 g/mol. The van der Waals surface area contributed by atoms with E-state index in [9.17, 15) is 4.79 Å². The number of benzene rings is 1. The zero-order chi connectivity index (χ0) is 16.2. The highest BCUT2D eigenvalue weighted by molar-refractivity contribution is 5.96. The molecule has 0 spiro atoms. The maximum Gasteiger partial charge on any atom is 0.271 e. The number of carbonyl (C=O) groups is 1. The van der Waals surface area contributed by atoms with Crippen LogP contribution in [0.2, 0.25) is 0 Å². The third kappa shape index (κ3) is 3.05. The monoisotopic (exact) mass is 312 g/mol. The van der Waals surface area contributed by atoms with Gasteiger partial charge in [-0.25, -0.2) is 0 Å². The fourth-order valence-electron chi connectivity index (χ4n) is 2.32. The first-order chi connectivity index (χ1) is 11.2. The van der Waals surface area contributed by atoms with Crippen LogP contribution in [-0.4, -0.2) is 37.7 Å². The van der Waals surface area contributed by atoms with Gasteiger partial charge in [0.1, 0.15) is 11.4 Å². The van der Waals surface area contributed by atoms with Crippen molar-refractivity contribution in [2.75, 3.05) is 6.61 Å². The number of H-pyrrole nitrogens is 1. The van der Waals surface area contributed by atoms with Crippen LogP contribution in [-0.2, 0) is 6.54 Å². The number of hydrogen-bond donors (Lipinski definition) is 2. The van der Waals surface area contributed by atoms with Gasteiger partial charge in [-0.05, 0) is 31.2 Å². The molecule has 0 atom stereocenters. The first-order valence-electron chi connectivity index (χ1n) is 7.13. The molecule has 0 unspecified atom stereocenters. The number of aromatic nitrogens is 5. The molecule has 1 aromatic carbocycles. The van der Waals surface area contributed by atoms with Crippen molar-refractivity contribution in [2.24, 2.45) is 5.73 Å². The van der Waals surface area contributed by atoms with Gasteiger partial charge in [-0.3, -0.25) is 9.48 Å². The molecule has 23 heavy (non-hydrogen) atoms. The van der Waals surface area contributed by atoms with Gasteiger partial charge in [0.15, 0.2) is 5.69 Å². The summed E-state index contributed by atoms with van der Waals surface area (Å²) in [6, 6.07) is 7.42. The predicted octanol–water partition coefficient (Wildman–Crippen LogP) is 1.21. The van der Waals surface area contributed by atoms with Crippen molar-refractivity contribution < 1.29 is 9.53 Å². The molecule has 8 nitrogen and oxygen atoms in total. The zero-order valence-electron chi connectivity index (χ0n) is 12.6. The number of primary amides is 1. The third-order valence-corrected chi connectivity index (χ3v) is 3.31. The van der Waals surface area contributed by atoms with E-state index in [0.29, 0.717) is 18.8 Å². The summed E-state index contributed by atoms with van der Waals surface area (Å²) >= 11 is 0. The molecule has 0 aliphatic heterocycles. The van der Waals surface area contributed by atoms with Crippen molar-refractivity contribution in [1.82, 2.24) is 25.2 Å². The number of rotatable bonds is 6. The summed E-state index contributed by atoms with van der Waals surface area (Å²) in [7, 11) is 0. The Kier molecular flexibility index (Phi) is 4.05. The number of hydrogen-bond acceptors (Lipinski definition) is 5. The quantitative estimate of drug-likeness (QED) is 0.710. The van der Waals surface area contributed by atoms with E-state index in [0.717, 1.165) is 16.9 Å². The summed E-state index contributed by atoms with van der Waals surface area (Å²) in [5.74, 6) is 0.132. The summed E-state index contributed by atoms with van der Waals surface area (Å²) in [5, 5.41) is 14.5. The second-order valence-electron chi connectivity index (χ2n) is 4.84. The van der Waals surface area contributed by atoms with Gasteiger partial charge in [0, 0.05) is 23.5 Å². The first kappa shape index (κ1) is 14.8. The average Bonchev–Trinajstić information content (AvgIpc) is 3.20. The average molecular weight is 312 g/mol. The number of aromatic amines is 1. The Labute approximate surface area is 132 Å². The van der Waals surface area contributed by atoms with E-state index in [1.54, 1.807) is 10.9 Å². The molecule has 0 fully saturated rings. The largest absolute Gasteiger partial charge is 0.494 e. The number of nitrogens with zero attached hydrogens (tertiary/aromatic N) is 4. The SMILES string of the molecule is CCOc1ccc(-c2n[nH]nc2C(N)=O)cc1Cn1cccn1. The molecule has 1 amide bonds. The molecule has 3 aromatic rings. The first-order valence-corrected chi connectivity index (χ1v) is 7.13. The summed E-state index contributed by atoms with van der Waals surface area (Å²) in [6.45, 7) is 3.02. The Hall–Kier alpha value is -3.16. The van der Waals surface area contributed by atoms with Crippen molar-refractivity contribution >= 4 is 5.91 Å². The number of amides is 1. The number of ether oxygens (including phenoxy) is 1. The van der Waals surface area contributed by atoms with Crippen LogP contribution in [0.1, 0.15) is 23.0 Å². The van der Waals surface area contributed by atoms with Gasteiger partial charge in [0.05, 0.1) is 13.2 Å². The Morgan fingerprint density at radius 3 is 2.96 bits per heavy atom. The normalized spacial score (nSPS) is 10.7. The van der Waals surface area contributed by atoms with E-state index in [4.69, 9.17) is 10.5 Å². The van der Waals surface area contributed by atoms with Crippen LogP contribution >= 0.6 is 0 Å². The van der Waals surface area contributed by atoms with Gasteiger partial charge in [0.25, 0.3) is 5.91 Å². The van der Waals surface area contributed by atoms with Gasteiger partial charge >= 0.3 is 0 Å². The van der Waals surface area contributed by atoms with E-state index in [-0.39, 0.29) is 5.69 Å². The van der Waals surface area contributed by atoms with E-state index in [2.05, 4.69) is 20.5 Å². The molecule has 0 saturated heterocycles. The van der Waals surface area contributed by atoms with E-state index in [1.165, 1.54) is 0 Å². The summed E-state index contributed by atoms with van der Waals surface area (Å²) < 4.78 is 7.45. The molecule has 2 aromatic heterocycles. The van der Waals surface area contributed by atoms with Crippen molar-refractivity contribution in [3.63, 3.8) is 0 Å². The number of nitrogens with two attached hydrogens (primary N) is 1. The number of nitrogens with one attached hydrogen (secondary N) is 1. The minimum atomic E-state index is -0.628. The molecule has 2 heterocycles. The molecular formula is C15H16N6O2. The second kappa shape index (κ2) is 6.30. The summed E-state index contributed by atoms with van der Waals surface area (Å²) in [5.41, 5.74) is 7.51. The highest BCUT2D eigenvalue weighted by Gasteiger charge is 2.17. The van der Waals surface area contributed by atoms with Crippen molar-refractivity contribution in [2.45, 2.75) is 13.5 Å². The lowest BCUT2D eigenvalue weighted by Gasteiger charge is -2.12. The highest BCUT2D eigenvalue weighted by atomic mass is 16.5. The molecule has 0 bridgehead atoms. The van der Waals surface area contributed by atoms with Crippen LogP contribution in [0, 0.1) is 0 Å². The lowest BCUT2D eigenvalue weighted by molar-refractivity contribution is 0.0996. The topological polar surface area (TPSA) is 112 Å². The standard InChI is InChI=1S/C15H16N6O2/c1-2-23-12-5-4-10(13-14(15(16)22)19-20-18-13)8-11(12)9-21-7-3-6-17-21/h3-8H,2,9H2,1H3,(H2,16,22)(H,18,19,20). The van der Waals surface area contributed by atoms with Crippen LogP contribution in [0.5, 0.6) is 5.75 Å². The smallest absolute Gasteiger partial charge is 0.271 e. The van der Waals surface area contributed by atoms with Crippen LogP contribution in [0.25, 0.3) is 11.3 Å². The number of carbonyl (C=O) groups excluding carboxylic acids is 1. The molecule has 0 aliphatic carbocycles. The molecule has 0 saturated carbocycles. The minimum absolute atomic E-state index is 0.110. The Balaban J connectivity index is 2.02. The fourth-order valence-corrected chi connectivity index (χ4v) is 2.32. The van der Waals surface area contributed by atoms with Crippen LogP contribution in [0.15, 0.2) is 36.7 Å². The van der Waals surface area contributed by atoms with Gasteiger partial charge in [-0.1, -0.05) is 0 Å². The summed E-state index contributed by atoms with van der Waals surface area (Å²) in [6.07, 6.45) is 3.58. The predicted molar refractivity (Wildman–Crippen MR) is 82.8 cm³/mol. The minimum Gasteiger partial charge on any atom is -0.494 e. The second-order valence-corrected chi connectivity index (χ2v) is 4.84. The van der Waals surface area contributed by atoms with Crippen LogP contribution < -0.4 is 10.5 Å². The molecule has 118 valence electrons. The van der Waals surface area contributed by atoms with Crippen molar-refractivity contribution in [3.8, 4) is 17.0 Å². The van der Waals surface area contributed by atoms with Crippen LogP contribution in [0.4, 0.5) is 0 Å². The maximum absolute atomic E-state index is 11.4. The van der Waals surface area contributed by atoms with Gasteiger partial charge in [-0.2, -0.15) is 20.5 Å². The Bertz CT molecular complexity index is 809. The zero-order valence-corrected chi connectivity index (χ0v) is 12.6. The van der Waals surface area contributed by atoms with Gasteiger partial charge < -0.3 is 10.5 Å². The lowest BCUT2D eigenvalue weighted by atomic mass is 10.1. The highest BCUT2D eigenvalue weighted by Crippen LogP contribution is 2.27. The lowest BCUT2D eigenvalue weighted by Crippen LogP contribution is -2.13. The Morgan fingerprint density at radius 1 is 1.39 bits per heavy atom. The molecule has 8 heteroatoms. The van der Waals surface area contributed by atoms with Gasteiger partial charge in [-0.15, -0.1) is 0 Å². The molecule has 0 radical (unpaired) electrons. The van der Waals surface area contributed by atoms with Gasteiger partial charge in [0.2, 0.25) is 0 Å². The van der Waals surface area contributed by atoms with E-state index in [1.807, 2.05) is 37.4 Å². The third-order valence-electron chi connectivity index (χ3n) is 3.31. The fraction of sp³-hybridized carbons (Fsp3) is 0.200. The van der Waals surface area contributed by atoms with E-state index < -0.39 is 5.91 Å². The Morgan fingerprint density at radius 2 is 2.26 bits per heavy atom. The summed E-state index contributed by atoms with van der Waals surface area (Å²) in [4.78, 5) is 11.4. The van der Waals surface area contributed by atoms with E-state index >= 15 is 0 Å². The van der Waals surface area contributed by atoms with Crippen LogP contribution in [0.3, 0.4) is 0 Å². The molecule has 3 rings (SSSR count). The molecule has 3 N–H and O–H groups in total. The maximum atomic E-state index is 11.4.